The summed E-state index contributed by atoms with van der Waals surface area (Å²) in [6.45, 7) is 1.51. The van der Waals surface area contributed by atoms with Gasteiger partial charge in [-0.05, 0) is 12.5 Å². The summed E-state index contributed by atoms with van der Waals surface area (Å²) in [7, 11) is 0. The molecule has 0 saturated carbocycles. The first-order valence-electron chi connectivity index (χ1n) is 4.23. The molecular formula is C11H11ClO2. The Hall–Kier alpha value is -1.28. The zero-order chi connectivity index (χ0) is 10.6. The number of carbonyl (C=O) groups is 1. The molecular weight excluding hydrogens is 200 g/mol. The van der Waals surface area contributed by atoms with Crippen LogP contribution < -0.4 is 0 Å². The predicted octanol–water partition coefficient (Wildman–Crippen LogP) is 2.83. The quantitative estimate of drug-likeness (QED) is 0.779. The van der Waals surface area contributed by atoms with Crippen LogP contribution in [0.4, 0.5) is 0 Å². The van der Waals surface area contributed by atoms with Crippen LogP contribution in [0.5, 0.6) is 0 Å². The summed E-state index contributed by atoms with van der Waals surface area (Å²) in [4.78, 5) is 10.6. The minimum atomic E-state index is -0.967. The molecule has 1 aromatic carbocycles. The second-order valence-corrected chi connectivity index (χ2v) is 3.45. The number of halogens is 1. The Bertz CT molecular complexity index is 355. The maximum atomic E-state index is 10.6. The van der Waals surface area contributed by atoms with Crippen molar-refractivity contribution in [3.05, 3.63) is 46.5 Å². The van der Waals surface area contributed by atoms with Crippen LogP contribution in [0.1, 0.15) is 12.5 Å². The van der Waals surface area contributed by atoms with Crippen molar-refractivity contribution in [1.82, 2.24) is 0 Å². The number of rotatable bonds is 3. The summed E-state index contributed by atoms with van der Waals surface area (Å²) in [6.07, 6.45) is 0.473. The van der Waals surface area contributed by atoms with Gasteiger partial charge in [0.2, 0.25) is 0 Å². The van der Waals surface area contributed by atoms with Crippen molar-refractivity contribution in [2.75, 3.05) is 0 Å². The molecule has 0 amide bonds. The lowest BCUT2D eigenvalue weighted by atomic mass is 10.1. The van der Waals surface area contributed by atoms with Gasteiger partial charge >= 0.3 is 5.97 Å². The van der Waals surface area contributed by atoms with Crippen LogP contribution in [-0.2, 0) is 11.2 Å². The van der Waals surface area contributed by atoms with E-state index in [1.165, 1.54) is 6.92 Å². The predicted molar refractivity (Wildman–Crippen MR) is 56.3 cm³/mol. The summed E-state index contributed by atoms with van der Waals surface area (Å²) in [5.74, 6) is -0.967. The highest BCUT2D eigenvalue weighted by atomic mass is 35.5. The summed E-state index contributed by atoms with van der Waals surface area (Å²) < 4.78 is 0. The van der Waals surface area contributed by atoms with Crippen molar-refractivity contribution in [2.45, 2.75) is 13.3 Å². The van der Waals surface area contributed by atoms with Crippen molar-refractivity contribution in [2.24, 2.45) is 0 Å². The third kappa shape index (κ3) is 2.89. The average Bonchev–Trinajstić information content (AvgIpc) is 2.18. The molecule has 0 atom stereocenters. The Morgan fingerprint density at radius 1 is 1.36 bits per heavy atom. The largest absolute Gasteiger partial charge is 0.478 e. The van der Waals surface area contributed by atoms with E-state index in [0.717, 1.165) is 5.56 Å². The lowest BCUT2D eigenvalue weighted by Gasteiger charge is -2.01. The fraction of sp³-hybridized carbons (Fsp3) is 0.182. The molecule has 0 fully saturated rings. The molecule has 0 unspecified atom stereocenters. The summed E-state index contributed by atoms with van der Waals surface area (Å²) >= 11 is 5.86. The molecule has 0 aliphatic heterocycles. The molecule has 0 saturated heterocycles. The molecule has 2 nitrogen and oxygen atoms in total. The van der Waals surface area contributed by atoms with E-state index >= 15 is 0 Å². The monoisotopic (exact) mass is 210 g/mol. The molecule has 0 radical (unpaired) electrons. The van der Waals surface area contributed by atoms with Gasteiger partial charge in [-0.3, -0.25) is 0 Å². The average molecular weight is 211 g/mol. The number of allylic oxidation sites excluding steroid dienone is 1. The van der Waals surface area contributed by atoms with E-state index in [1.807, 2.05) is 30.3 Å². The van der Waals surface area contributed by atoms with Crippen LogP contribution in [0, 0.1) is 0 Å². The van der Waals surface area contributed by atoms with Crippen molar-refractivity contribution < 1.29 is 9.90 Å². The van der Waals surface area contributed by atoms with Gasteiger partial charge in [-0.1, -0.05) is 41.9 Å². The lowest BCUT2D eigenvalue weighted by molar-refractivity contribution is -0.132. The molecule has 0 heterocycles. The van der Waals surface area contributed by atoms with Crippen LogP contribution in [0.3, 0.4) is 0 Å². The fourth-order valence-corrected chi connectivity index (χ4v) is 1.26. The third-order valence-corrected chi connectivity index (χ3v) is 2.35. The number of carboxylic acids is 1. The van der Waals surface area contributed by atoms with Crippen LogP contribution in [0.25, 0.3) is 0 Å². The Balaban J connectivity index is 2.80. The standard InChI is InChI=1S/C11H11ClO2/c1-8(11(13)14)10(12)7-9-5-3-2-4-6-9/h2-6H,7H2,1H3,(H,13,14). The summed E-state index contributed by atoms with van der Waals surface area (Å²) in [6, 6.07) is 9.53. The fourth-order valence-electron chi connectivity index (χ4n) is 1.02. The molecule has 1 aromatic rings. The highest BCUT2D eigenvalue weighted by Gasteiger charge is 2.07. The Morgan fingerprint density at radius 2 is 1.93 bits per heavy atom. The molecule has 0 aliphatic rings. The van der Waals surface area contributed by atoms with Crippen molar-refractivity contribution in [3.8, 4) is 0 Å². The highest BCUT2D eigenvalue weighted by molar-refractivity contribution is 6.31. The Labute approximate surface area is 87.8 Å². The molecule has 14 heavy (non-hydrogen) atoms. The number of aliphatic carboxylic acids is 1. The Morgan fingerprint density at radius 3 is 2.43 bits per heavy atom. The smallest absolute Gasteiger partial charge is 0.332 e. The van der Waals surface area contributed by atoms with E-state index in [0.29, 0.717) is 11.5 Å². The number of hydrogen-bond donors (Lipinski definition) is 1. The molecule has 0 spiro atoms. The highest BCUT2D eigenvalue weighted by Crippen LogP contribution is 2.15. The van der Waals surface area contributed by atoms with Gasteiger partial charge < -0.3 is 5.11 Å². The zero-order valence-electron chi connectivity index (χ0n) is 7.83. The molecule has 1 rings (SSSR count). The third-order valence-electron chi connectivity index (χ3n) is 1.93. The molecule has 74 valence electrons. The maximum Gasteiger partial charge on any atom is 0.332 e. The number of hydrogen-bond acceptors (Lipinski definition) is 1. The summed E-state index contributed by atoms with van der Waals surface area (Å²) in [5.41, 5.74) is 1.22. The van der Waals surface area contributed by atoms with E-state index in [1.54, 1.807) is 0 Å². The van der Waals surface area contributed by atoms with Gasteiger partial charge in [0.1, 0.15) is 0 Å². The van der Waals surface area contributed by atoms with Gasteiger partial charge in [-0.2, -0.15) is 0 Å². The first-order valence-corrected chi connectivity index (χ1v) is 4.61. The first-order chi connectivity index (χ1) is 6.61. The van der Waals surface area contributed by atoms with Gasteiger partial charge in [-0.15, -0.1) is 0 Å². The van der Waals surface area contributed by atoms with Gasteiger partial charge in [0.25, 0.3) is 0 Å². The van der Waals surface area contributed by atoms with E-state index in [2.05, 4.69) is 0 Å². The molecule has 3 heteroatoms. The van der Waals surface area contributed by atoms with E-state index in [9.17, 15) is 4.79 Å². The van der Waals surface area contributed by atoms with Crippen LogP contribution in [0.2, 0.25) is 0 Å². The SMILES string of the molecule is CC(C(=O)O)=C(Cl)Cc1ccccc1. The van der Waals surface area contributed by atoms with Crippen LogP contribution in [0.15, 0.2) is 40.9 Å². The summed E-state index contributed by atoms with van der Waals surface area (Å²) in [5, 5.41) is 9.07. The molecule has 0 bridgehead atoms. The normalized spacial score (nSPS) is 12.1. The second-order valence-electron chi connectivity index (χ2n) is 3.00. The van der Waals surface area contributed by atoms with Gasteiger partial charge in [0.05, 0.1) is 0 Å². The van der Waals surface area contributed by atoms with Crippen molar-refractivity contribution >= 4 is 17.6 Å². The minimum Gasteiger partial charge on any atom is -0.478 e. The Kier molecular flexibility index (Phi) is 3.72. The minimum absolute atomic E-state index is 0.204. The molecule has 0 aliphatic carbocycles. The number of carboxylic acid groups (broad SMARTS) is 1. The van der Waals surface area contributed by atoms with Crippen LogP contribution in [-0.4, -0.2) is 11.1 Å². The van der Waals surface area contributed by atoms with E-state index < -0.39 is 5.97 Å². The molecule has 0 aromatic heterocycles. The van der Waals surface area contributed by atoms with Gasteiger partial charge in [0, 0.05) is 17.0 Å². The van der Waals surface area contributed by atoms with E-state index in [4.69, 9.17) is 16.7 Å². The second kappa shape index (κ2) is 4.82. The lowest BCUT2D eigenvalue weighted by Crippen LogP contribution is -2.00. The van der Waals surface area contributed by atoms with Crippen molar-refractivity contribution in [1.29, 1.82) is 0 Å². The van der Waals surface area contributed by atoms with Crippen LogP contribution >= 0.6 is 11.6 Å². The number of benzene rings is 1. The topological polar surface area (TPSA) is 37.3 Å². The van der Waals surface area contributed by atoms with E-state index in [-0.39, 0.29) is 5.57 Å². The van der Waals surface area contributed by atoms with Crippen molar-refractivity contribution in [3.63, 3.8) is 0 Å². The van der Waals surface area contributed by atoms with Gasteiger partial charge in [0.15, 0.2) is 0 Å². The molecule has 1 N–H and O–H groups in total. The maximum absolute atomic E-state index is 10.6. The first kappa shape index (κ1) is 10.8. The van der Waals surface area contributed by atoms with Gasteiger partial charge in [-0.25, -0.2) is 4.79 Å². The zero-order valence-corrected chi connectivity index (χ0v) is 8.58.